The average Bonchev–Trinajstić information content (AvgIpc) is 2.30. The highest BCUT2D eigenvalue weighted by molar-refractivity contribution is 6.61. The lowest BCUT2D eigenvalue weighted by molar-refractivity contribution is 0.0343. The first-order chi connectivity index (χ1) is 8.02. The van der Waals surface area contributed by atoms with Gasteiger partial charge in [0.25, 0.3) is 0 Å². The Morgan fingerprint density at radius 1 is 1.35 bits per heavy atom. The second-order valence-electron chi connectivity index (χ2n) is 5.01. The van der Waals surface area contributed by atoms with Crippen molar-refractivity contribution in [1.82, 2.24) is 0 Å². The lowest BCUT2D eigenvalue weighted by Crippen LogP contribution is -2.47. The summed E-state index contributed by atoms with van der Waals surface area (Å²) in [5.41, 5.74) is 1.01. The van der Waals surface area contributed by atoms with E-state index in [0.717, 1.165) is 5.46 Å². The van der Waals surface area contributed by atoms with Gasteiger partial charge in [-0.25, -0.2) is 0 Å². The molecular weight excluding hydrogens is 217 g/mol. The summed E-state index contributed by atoms with van der Waals surface area (Å²) in [6.45, 7) is 5.36. The van der Waals surface area contributed by atoms with Crippen LogP contribution in [-0.4, -0.2) is 25.4 Å². The van der Waals surface area contributed by atoms with Crippen LogP contribution in [0, 0.1) is 16.7 Å². The van der Waals surface area contributed by atoms with Crippen LogP contribution in [0.15, 0.2) is 18.2 Å². The SMILES string of the molecule is CC1(C)COB(c2ccc(O)c(C#N)c2)OC1. The van der Waals surface area contributed by atoms with Crippen molar-refractivity contribution in [2.24, 2.45) is 5.41 Å². The molecule has 1 aromatic carbocycles. The van der Waals surface area contributed by atoms with Crippen LogP contribution in [0.5, 0.6) is 5.75 Å². The maximum absolute atomic E-state index is 9.41. The fraction of sp³-hybridized carbons (Fsp3) is 0.417. The molecule has 1 aliphatic heterocycles. The van der Waals surface area contributed by atoms with Crippen LogP contribution in [0.25, 0.3) is 0 Å². The van der Waals surface area contributed by atoms with E-state index in [2.05, 4.69) is 13.8 Å². The van der Waals surface area contributed by atoms with Crippen molar-refractivity contribution in [3.05, 3.63) is 23.8 Å². The van der Waals surface area contributed by atoms with Gasteiger partial charge >= 0.3 is 7.12 Å². The molecule has 0 amide bonds. The second kappa shape index (κ2) is 4.40. The number of hydrogen-bond acceptors (Lipinski definition) is 4. The largest absolute Gasteiger partial charge is 0.507 e. The molecule has 0 aliphatic carbocycles. The van der Waals surface area contributed by atoms with E-state index >= 15 is 0 Å². The molecule has 4 nitrogen and oxygen atoms in total. The van der Waals surface area contributed by atoms with Gasteiger partial charge in [-0.15, -0.1) is 0 Å². The molecule has 0 radical (unpaired) electrons. The molecule has 1 saturated heterocycles. The number of aromatic hydroxyl groups is 1. The molecule has 1 fully saturated rings. The number of nitriles is 1. The molecule has 0 bridgehead atoms. The molecule has 88 valence electrons. The highest BCUT2D eigenvalue weighted by Gasteiger charge is 2.33. The molecule has 0 aromatic heterocycles. The quantitative estimate of drug-likeness (QED) is 0.733. The number of rotatable bonds is 1. The maximum Gasteiger partial charge on any atom is 0.493 e. The highest BCUT2D eigenvalue weighted by atomic mass is 16.6. The fourth-order valence-corrected chi connectivity index (χ4v) is 1.67. The lowest BCUT2D eigenvalue weighted by atomic mass is 9.75. The predicted molar refractivity (Wildman–Crippen MR) is 63.9 cm³/mol. The number of phenols is 1. The van der Waals surface area contributed by atoms with Crippen molar-refractivity contribution >= 4 is 12.6 Å². The van der Waals surface area contributed by atoms with E-state index in [1.807, 2.05) is 6.07 Å². The Kier molecular flexibility index (Phi) is 3.10. The topological polar surface area (TPSA) is 62.5 Å². The normalized spacial score (nSPS) is 18.8. The summed E-state index contributed by atoms with van der Waals surface area (Å²) in [6, 6.07) is 6.72. The van der Waals surface area contributed by atoms with E-state index in [1.54, 1.807) is 12.1 Å². The summed E-state index contributed by atoms with van der Waals surface area (Å²) in [5, 5.41) is 18.2. The molecule has 17 heavy (non-hydrogen) atoms. The molecular formula is C12H14BNO3. The Balaban J connectivity index is 2.17. The van der Waals surface area contributed by atoms with Crippen molar-refractivity contribution in [3.8, 4) is 11.8 Å². The predicted octanol–water partition coefficient (Wildman–Crippen LogP) is 1.03. The van der Waals surface area contributed by atoms with Crippen LogP contribution < -0.4 is 5.46 Å². The minimum Gasteiger partial charge on any atom is -0.507 e. The van der Waals surface area contributed by atoms with Gasteiger partial charge in [0.15, 0.2) is 0 Å². The molecule has 1 N–H and O–H groups in total. The van der Waals surface area contributed by atoms with Crippen LogP contribution in [0.1, 0.15) is 19.4 Å². The van der Waals surface area contributed by atoms with Gasteiger partial charge in [0.05, 0.1) is 5.56 Å². The van der Waals surface area contributed by atoms with Gasteiger partial charge < -0.3 is 14.4 Å². The molecule has 1 aliphatic rings. The Morgan fingerprint density at radius 3 is 2.59 bits per heavy atom. The van der Waals surface area contributed by atoms with Gasteiger partial charge in [0.2, 0.25) is 0 Å². The summed E-state index contributed by atoms with van der Waals surface area (Å²) in [6.07, 6.45) is 0. The molecule has 0 unspecified atom stereocenters. The van der Waals surface area contributed by atoms with Crippen LogP contribution in [0.3, 0.4) is 0 Å². The summed E-state index contributed by atoms with van der Waals surface area (Å²) in [4.78, 5) is 0. The van der Waals surface area contributed by atoms with Crippen LogP contribution >= 0.6 is 0 Å². The Hall–Kier alpha value is -1.51. The number of phenolic OH excluding ortho intramolecular Hbond substituents is 1. The second-order valence-corrected chi connectivity index (χ2v) is 5.01. The number of nitrogens with zero attached hydrogens (tertiary/aromatic N) is 1. The van der Waals surface area contributed by atoms with Crippen molar-refractivity contribution in [2.45, 2.75) is 13.8 Å². The van der Waals surface area contributed by atoms with Crippen LogP contribution in [-0.2, 0) is 9.31 Å². The van der Waals surface area contributed by atoms with Gasteiger partial charge in [0.1, 0.15) is 11.8 Å². The first kappa shape index (κ1) is 12.0. The third kappa shape index (κ3) is 2.60. The van der Waals surface area contributed by atoms with Gasteiger partial charge in [0, 0.05) is 18.6 Å². The van der Waals surface area contributed by atoms with E-state index in [-0.39, 0.29) is 16.7 Å². The molecule has 0 saturated carbocycles. The third-order valence-corrected chi connectivity index (χ3v) is 2.66. The maximum atomic E-state index is 9.41. The number of hydrogen-bond donors (Lipinski definition) is 1. The zero-order chi connectivity index (χ0) is 12.5. The Bertz CT molecular complexity index is 457. The first-order valence-corrected chi connectivity index (χ1v) is 5.48. The highest BCUT2D eigenvalue weighted by Crippen LogP contribution is 2.22. The van der Waals surface area contributed by atoms with Gasteiger partial charge in [-0.1, -0.05) is 19.9 Å². The molecule has 0 atom stereocenters. The fourth-order valence-electron chi connectivity index (χ4n) is 1.67. The van der Waals surface area contributed by atoms with Crippen molar-refractivity contribution in [2.75, 3.05) is 13.2 Å². The molecule has 1 heterocycles. The van der Waals surface area contributed by atoms with Gasteiger partial charge in [-0.05, 0) is 17.6 Å². The van der Waals surface area contributed by atoms with E-state index in [4.69, 9.17) is 14.6 Å². The first-order valence-electron chi connectivity index (χ1n) is 5.48. The van der Waals surface area contributed by atoms with Gasteiger partial charge in [-0.3, -0.25) is 0 Å². The number of benzene rings is 1. The van der Waals surface area contributed by atoms with Crippen LogP contribution in [0.4, 0.5) is 0 Å². The van der Waals surface area contributed by atoms with Crippen molar-refractivity contribution in [3.63, 3.8) is 0 Å². The van der Waals surface area contributed by atoms with Crippen molar-refractivity contribution < 1.29 is 14.4 Å². The smallest absolute Gasteiger partial charge is 0.493 e. The zero-order valence-corrected chi connectivity index (χ0v) is 9.93. The van der Waals surface area contributed by atoms with E-state index < -0.39 is 7.12 Å². The van der Waals surface area contributed by atoms with E-state index in [9.17, 15) is 5.11 Å². The summed E-state index contributed by atoms with van der Waals surface area (Å²) in [7, 11) is -0.448. The summed E-state index contributed by atoms with van der Waals surface area (Å²) < 4.78 is 11.2. The summed E-state index contributed by atoms with van der Waals surface area (Å²) >= 11 is 0. The minimum absolute atomic E-state index is 0.0193. The molecule has 0 spiro atoms. The molecule has 2 rings (SSSR count). The van der Waals surface area contributed by atoms with Gasteiger partial charge in [-0.2, -0.15) is 5.26 Å². The summed E-state index contributed by atoms with van der Waals surface area (Å²) in [5.74, 6) is -0.0209. The molecule has 5 heteroatoms. The Labute approximate surface area is 101 Å². The van der Waals surface area contributed by atoms with Crippen LogP contribution in [0.2, 0.25) is 0 Å². The average molecular weight is 231 g/mol. The zero-order valence-electron chi connectivity index (χ0n) is 9.93. The third-order valence-electron chi connectivity index (χ3n) is 2.66. The Morgan fingerprint density at radius 2 is 2.00 bits per heavy atom. The van der Waals surface area contributed by atoms with E-state index in [0.29, 0.717) is 13.2 Å². The monoisotopic (exact) mass is 231 g/mol. The van der Waals surface area contributed by atoms with E-state index in [1.165, 1.54) is 6.07 Å². The minimum atomic E-state index is -0.448. The lowest BCUT2D eigenvalue weighted by Gasteiger charge is -2.33. The standard InChI is InChI=1S/C12H14BNO3/c1-12(2)7-16-13(17-8-12)10-3-4-11(15)9(5-10)6-14/h3-5,15H,7-8H2,1-2H3. The van der Waals surface area contributed by atoms with Crippen molar-refractivity contribution in [1.29, 1.82) is 5.26 Å². The molecule has 1 aromatic rings.